The first-order valence-electron chi connectivity index (χ1n) is 4.94. The van der Waals surface area contributed by atoms with Gasteiger partial charge in [-0.3, -0.25) is 4.72 Å². The number of alkyl carbamates (subject to hydrolysis) is 1. The third-order valence-corrected chi connectivity index (χ3v) is 3.22. The van der Waals surface area contributed by atoms with Gasteiger partial charge in [-0.15, -0.1) is 0 Å². The summed E-state index contributed by atoms with van der Waals surface area (Å²) in [6.45, 7) is 8.94. The third kappa shape index (κ3) is 11.9. The van der Waals surface area contributed by atoms with Crippen molar-refractivity contribution < 1.29 is 9.53 Å². The summed E-state index contributed by atoms with van der Waals surface area (Å²) >= 11 is 0. The second kappa shape index (κ2) is 8.13. The molecule has 0 radical (unpaired) electrons. The SMILES string of the molecule is CCSSNCCNC(=O)OC(C)(C)C. The Balaban J connectivity index is 3.32. The van der Waals surface area contributed by atoms with E-state index < -0.39 is 5.60 Å². The Morgan fingerprint density at radius 1 is 1.33 bits per heavy atom. The molecule has 0 aromatic carbocycles. The Morgan fingerprint density at radius 3 is 2.53 bits per heavy atom. The van der Waals surface area contributed by atoms with E-state index in [9.17, 15) is 4.79 Å². The second-order valence-electron chi connectivity index (χ2n) is 3.81. The normalized spacial score (nSPS) is 11.2. The van der Waals surface area contributed by atoms with Gasteiger partial charge in [-0.25, -0.2) is 4.79 Å². The summed E-state index contributed by atoms with van der Waals surface area (Å²) in [5, 5.41) is 2.67. The first-order valence-corrected chi connectivity index (χ1v) is 7.25. The number of rotatable bonds is 6. The van der Waals surface area contributed by atoms with Crippen LogP contribution in [-0.4, -0.2) is 30.5 Å². The van der Waals surface area contributed by atoms with Crippen LogP contribution < -0.4 is 10.0 Å². The summed E-state index contributed by atoms with van der Waals surface area (Å²) in [5.74, 6) is 1.07. The van der Waals surface area contributed by atoms with Gasteiger partial charge in [-0.05, 0) is 31.8 Å². The van der Waals surface area contributed by atoms with Crippen molar-refractivity contribution in [2.75, 3.05) is 18.8 Å². The van der Waals surface area contributed by atoms with Crippen LogP contribution in [0.5, 0.6) is 0 Å². The molecule has 0 spiro atoms. The van der Waals surface area contributed by atoms with Crippen LogP contribution in [0.15, 0.2) is 0 Å². The molecule has 0 aromatic heterocycles. The van der Waals surface area contributed by atoms with Crippen molar-refractivity contribution in [2.24, 2.45) is 0 Å². The molecule has 0 unspecified atom stereocenters. The summed E-state index contributed by atoms with van der Waals surface area (Å²) in [7, 11) is 3.33. The summed E-state index contributed by atoms with van der Waals surface area (Å²) in [6, 6.07) is 0. The summed E-state index contributed by atoms with van der Waals surface area (Å²) in [5.41, 5.74) is -0.426. The maximum atomic E-state index is 11.2. The Bertz CT molecular complexity index is 183. The fourth-order valence-corrected chi connectivity index (χ4v) is 1.91. The molecule has 0 aliphatic carbocycles. The van der Waals surface area contributed by atoms with E-state index in [1.807, 2.05) is 20.8 Å². The van der Waals surface area contributed by atoms with Gasteiger partial charge >= 0.3 is 6.09 Å². The topological polar surface area (TPSA) is 50.4 Å². The van der Waals surface area contributed by atoms with Crippen LogP contribution in [0.25, 0.3) is 0 Å². The number of carbonyl (C=O) groups excluding carboxylic acids is 1. The van der Waals surface area contributed by atoms with Crippen molar-refractivity contribution in [1.29, 1.82) is 0 Å². The highest BCUT2D eigenvalue weighted by atomic mass is 33.1. The standard InChI is InChI=1S/C9H20N2O2S2/c1-5-14-15-11-7-6-10-8(12)13-9(2,3)4/h11H,5-7H2,1-4H3,(H,10,12). The van der Waals surface area contributed by atoms with Gasteiger partial charge in [0.25, 0.3) is 0 Å². The molecule has 0 heterocycles. The van der Waals surface area contributed by atoms with Crippen molar-refractivity contribution in [3.05, 3.63) is 0 Å². The van der Waals surface area contributed by atoms with Crippen LogP contribution in [0.1, 0.15) is 27.7 Å². The first kappa shape index (κ1) is 14.9. The minimum absolute atomic E-state index is 0.363. The highest BCUT2D eigenvalue weighted by Crippen LogP contribution is 2.14. The Hall–Kier alpha value is -0.0700. The molecule has 90 valence electrons. The zero-order chi connectivity index (χ0) is 11.7. The van der Waals surface area contributed by atoms with E-state index in [1.54, 1.807) is 21.8 Å². The fourth-order valence-electron chi connectivity index (χ4n) is 0.672. The van der Waals surface area contributed by atoms with Crippen molar-refractivity contribution >= 4 is 27.9 Å². The molecule has 1 amide bonds. The maximum absolute atomic E-state index is 11.2. The Morgan fingerprint density at radius 2 is 2.00 bits per heavy atom. The molecule has 0 aromatic rings. The van der Waals surface area contributed by atoms with E-state index in [4.69, 9.17) is 4.74 Å². The smallest absolute Gasteiger partial charge is 0.407 e. The first-order chi connectivity index (χ1) is 6.95. The summed E-state index contributed by atoms with van der Waals surface area (Å²) in [4.78, 5) is 11.2. The summed E-state index contributed by atoms with van der Waals surface area (Å²) in [6.07, 6.45) is -0.363. The minimum Gasteiger partial charge on any atom is -0.444 e. The van der Waals surface area contributed by atoms with Crippen LogP contribution in [0.3, 0.4) is 0 Å². The Kier molecular flexibility index (Phi) is 8.09. The second-order valence-corrected chi connectivity index (χ2v) is 6.29. The number of amides is 1. The monoisotopic (exact) mass is 252 g/mol. The van der Waals surface area contributed by atoms with Gasteiger partial charge in [0.05, 0.1) is 0 Å². The lowest BCUT2D eigenvalue weighted by atomic mass is 10.2. The van der Waals surface area contributed by atoms with E-state index in [1.165, 1.54) is 0 Å². The molecule has 0 saturated carbocycles. The molecule has 0 rings (SSSR count). The molecule has 0 bridgehead atoms. The van der Waals surface area contributed by atoms with Crippen LogP contribution >= 0.6 is 21.8 Å². The maximum Gasteiger partial charge on any atom is 0.407 e. The number of hydrogen-bond acceptors (Lipinski definition) is 5. The van der Waals surface area contributed by atoms with Crippen molar-refractivity contribution in [2.45, 2.75) is 33.3 Å². The number of hydrogen-bond donors (Lipinski definition) is 2. The molecule has 0 fully saturated rings. The van der Waals surface area contributed by atoms with Crippen molar-refractivity contribution in [3.8, 4) is 0 Å². The Labute approximate surface area is 99.8 Å². The van der Waals surface area contributed by atoms with E-state index in [2.05, 4.69) is 17.0 Å². The quantitative estimate of drug-likeness (QED) is 0.432. The van der Waals surface area contributed by atoms with E-state index in [0.717, 1.165) is 12.3 Å². The molecular formula is C9H20N2O2S2. The number of nitrogens with one attached hydrogen (secondary N) is 2. The number of ether oxygens (including phenoxy) is 1. The highest BCUT2D eigenvalue weighted by molar-refractivity contribution is 8.76. The largest absolute Gasteiger partial charge is 0.444 e. The minimum atomic E-state index is -0.426. The van der Waals surface area contributed by atoms with Gasteiger partial charge in [-0.2, -0.15) is 0 Å². The van der Waals surface area contributed by atoms with Gasteiger partial charge in [-0.1, -0.05) is 17.7 Å². The molecule has 4 nitrogen and oxygen atoms in total. The average Bonchev–Trinajstić information content (AvgIpc) is 2.08. The molecule has 0 atom stereocenters. The number of carbonyl (C=O) groups is 1. The van der Waals surface area contributed by atoms with Crippen LogP contribution in [0.2, 0.25) is 0 Å². The average molecular weight is 252 g/mol. The molecule has 0 aliphatic heterocycles. The van der Waals surface area contributed by atoms with E-state index in [-0.39, 0.29) is 6.09 Å². The lowest BCUT2D eigenvalue weighted by Crippen LogP contribution is -2.35. The van der Waals surface area contributed by atoms with Crippen molar-refractivity contribution in [1.82, 2.24) is 10.0 Å². The third-order valence-electron chi connectivity index (χ3n) is 1.13. The molecule has 2 N–H and O–H groups in total. The van der Waals surface area contributed by atoms with E-state index in [0.29, 0.717) is 6.54 Å². The highest BCUT2D eigenvalue weighted by Gasteiger charge is 2.15. The van der Waals surface area contributed by atoms with Gasteiger partial charge in [0.2, 0.25) is 0 Å². The van der Waals surface area contributed by atoms with Gasteiger partial charge in [0, 0.05) is 18.8 Å². The van der Waals surface area contributed by atoms with Gasteiger partial charge < -0.3 is 10.1 Å². The zero-order valence-corrected chi connectivity index (χ0v) is 11.4. The fraction of sp³-hybridized carbons (Fsp3) is 0.889. The van der Waals surface area contributed by atoms with Crippen LogP contribution in [-0.2, 0) is 4.74 Å². The van der Waals surface area contributed by atoms with Gasteiger partial charge in [0.1, 0.15) is 5.60 Å². The predicted octanol–water partition coefficient (Wildman–Crippen LogP) is 2.42. The summed E-state index contributed by atoms with van der Waals surface area (Å²) < 4.78 is 8.19. The molecule has 0 saturated heterocycles. The van der Waals surface area contributed by atoms with E-state index >= 15 is 0 Å². The molecule has 0 aliphatic rings. The lowest BCUT2D eigenvalue weighted by molar-refractivity contribution is 0.0529. The molecule has 15 heavy (non-hydrogen) atoms. The zero-order valence-electron chi connectivity index (χ0n) is 9.75. The predicted molar refractivity (Wildman–Crippen MR) is 68.0 cm³/mol. The molecular weight excluding hydrogens is 232 g/mol. The lowest BCUT2D eigenvalue weighted by Gasteiger charge is -2.19. The van der Waals surface area contributed by atoms with Crippen molar-refractivity contribution in [3.63, 3.8) is 0 Å². The molecule has 6 heteroatoms. The van der Waals surface area contributed by atoms with Gasteiger partial charge in [0.15, 0.2) is 0 Å². The van der Waals surface area contributed by atoms with Crippen LogP contribution in [0, 0.1) is 0 Å². The van der Waals surface area contributed by atoms with Crippen LogP contribution in [0.4, 0.5) is 4.79 Å².